The zero-order chi connectivity index (χ0) is 16.3. The van der Waals surface area contributed by atoms with Crippen molar-refractivity contribution in [2.24, 2.45) is 0 Å². The third kappa shape index (κ3) is 3.06. The second-order valence-corrected chi connectivity index (χ2v) is 4.52. The van der Waals surface area contributed by atoms with Gasteiger partial charge in [-0.25, -0.2) is 18.4 Å². The zero-order valence-electron chi connectivity index (χ0n) is 11.9. The summed E-state index contributed by atoms with van der Waals surface area (Å²) in [6, 6.07) is 1.56. The molecule has 1 heterocycles. The van der Waals surface area contributed by atoms with E-state index in [1.165, 1.54) is 20.3 Å². The fourth-order valence-electron chi connectivity index (χ4n) is 2.17. The molecule has 8 heteroatoms. The van der Waals surface area contributed by atoms with E-state index in [0.717, 1.165) is 12.1 Å². The molecule has 0 saturated heterocycles. The van der Waals surface area contributed by atoms with Crippen LogP contribution < -0.4 is 10.6 Å². The van der Waals surface area contributed by atoms with Gasteiger partial charge in [-0.15, -0.1) is 0 Å². The first kappa shape index (κ1) is 15.9. The Balaban J connectivity index is 2.53. The predicted molar refractivity (Wildman–Crippen MR) is 71.7 cm³/mol. The summed E-state index contributed by atoms with van der Waals surface area (Å²) in [4.78, 5) is 23.7. The van der Waals surface area contributed by atoms with Crippen molar-refractivity contribution in [3.63, 3.8) is 0 Å². The van der Waals surface area contributed by atoms with E-state index in [1.807, 2.05) is 0 Å². The lowest BCUT2D eigenvalue weighted by Gasteiger charge is -2.28. The van der Waals surface area contributed by atoms with E-state index in [-0.39, 0.29) is 23.4 Å². The van der Waals surface area contributed by atoms with Gasteiger partial charge in [-0.2, -0.15) is 0 Å². The van der Waals surface area contributed by atoms with Crippen molar-refractivity contribution in [3.05, 3.63) is 46.7 Å². The largest absolute Gasteiger partial charge is 0.466 e. The Hall–Kier alpha value is -2.48. The average molecular weight is 312 g/mol. The van der Waals surface area contributed by atoms with Gasteiger partial charge in [0.15, 0.2) is 11.6 Å². The van der Waals surface area contributed by atoms with Crippen molar-refractivity contribution in [1.82, 2.24) is 10.6 Å². The van der Waals surface area contributed by atoms with Gasteiger partial charge in [0.25, 0.3) is 0 Å². The summed E-state index contributed by atoms with van der Waals surface area (Å²) in [7, 11) is 2.57. The minimum atomic E-state index is -1.08. The third-order valence-electron chi connectivity index (χ3n) is 3.12. The summed E-state index contributed by atoms with van der Waals surface area (Å²) in [5.41, 5.74) is 0.477. The average Bonchev–Trinajstić information content (AvgIpc) is 2.49. The quantitative estimate of drug-likeness (QED) is 0.824. The van der Waals surface area contributed by atoms with E-state index in [2.05, 4.69) is 10.6 Å². The molecule has 1 aliphatic heterocycles. The molecule has 2 N–H and O–H groups in total. The number of esters is 1. The number of urea groups is 1. The molecule has 2 rings (SSSR count). The molecule has 0 bridgehead atoms. The third-order valence-corrected chi connectivity index (χ3v) is 3.12. The number of ether oxygens (including phenoxy) is 2. The number of halogens is 2. The van der Waals surface area contributed by atoms with Gasteiger partial charge < -0.3 is 20.1 Å². The number of nitrogens with one attached hydrogen (secondary N) is 2. The van der Waals surface area contributed by atoms with Crippen molar-refractivity contribution in [2.45, 2.75) is 6.04 Å². The van der Waals surface area contributed by atoms with E-state index in [0.29, 0.717) is 0 Å². The smallest absolute Gasteiger partial charge is 0.338 e. The molecule has 0 aromatic heterocycles. The van der Waals surface area contributed by atoms with Crippen molar-refractivity contribution in [1.29, 1.82) is 0 Å². The number of methoxy groups -OCH3 is 2. The SMILES string of the molecule is COCC1=C(C(=O)OC)C(c2ccc(F)c(F)c2)NC(=O)N1. The van der Waals surface area contributed by atoms with E-state index in [4.69, 9.17) is 9.47 Å². The second kappa shape index (κ2) is 6.52. The highest BCUT2D eigenvalue weighted by atomic mass is 19.2. The van der Waals surface area contributed by atoms with E-state index >= 15 is 0 Å². The molecule has 22 heavy (non-hydrogen) atoms. The maximum Gasteiger partial charge on any atom is 0.338 e. The number of carbonyl (C=O) groups is 2. The normalized spacial score (nSPS) is 17.8. The Kier molecular flexibility index (Phi) is 4.71. The standard InChI is InChI=1S/C14H14F2N2O4/c1-21-6-10-11(13(19)22-2)12(18-14(20)17-10)7-3-4-8(15)9(16)5-7/h3-5,12H,6H2,1-2H3,(H2,17,18,20). The van der Waals surface area contributed by atoms with Gasteiger partial charge in [-0.1, -0.05) is 6.07 Å². The van der Waals surface area contributed by atoms with Crippen LogP contribution in [0.1, 0.15) is 11.6 Å². The number of hydrogen-bond donors (Lipinski definition) is 2. The molecule has 0 aliphatic carbocycles. The second-order valence-electron chi connectivity index (χ2n) is 4.52. The molecule has 0 spiro atoms. The van der Waals surface area contributed by atoms with Crippen LogP contribution in [0.4, 0.5) is 13.6 Å². The Morgan fingerprint density at radius 2 is 2.00 bits per heavy atom. The molecule has 0 radical (unpaired) electrons. The van der Waals surface area contributed by atoms with Crippen molar-refractivity contribution >= 4 is 12.0 Å². The topological polar surface area (TPSA) is 76.7 Å². The summed E-state index contributed by atoms with van der Waals surface area (Å²) in [6.45, 7) is -0.0436. The number of benzene rings is 1. The van der Waals surface area contributed by atoms with Crippen LogP contribution >= 0.6 is 0 Å². The zero-order valence-corrected chi connectivity index (χ0v) is 11.9. The van der Waals surface area contributed by atoms with Crippen molar-refractivity contribution < 1.29 is 27.8 Å². The minimum absolute atomic E-state index is 0.0436. The fraction of sp³-hybridized carbons (Fsp3) is 0.286. The molecule has 0 fully saturated rings. The van der Waals surface area contributed by atoms with Gasteiger partial charge in [0, 0.05) is 7.11 Å². The van der Waals surface area contributed by atoms with Crippen LogP contribution in [-0.4, -0.2) is 32.8 Å². The maximum atomic E-state index is 13.4. The molecule has 6 nitrogen and oxygen atoms in total. The summed E-state index contributed by atoms with van der Waals surface area (Å²) in [5.74, 6) is -2.82. The van der Waals surface area contributed by atoms with Crippen molar-refractivity contribution in [3.8, 4) is 0 Å². The molecular formula is C14H14F2N2O4. The van der Waals surface area contributed by atoms with Crippen molar-refractivity contribution in [2.75, 3.05) is 20.8 Å². The number of amides is 2. The van der Waals surface area contributed by atoms with E-state index in [9.17, 15) is 18.4 Å². The number of carbonyl (C=O) groups excluding carboxylic acids is 2. The minimum Gasteiger partial charge on any atom is -0.466 e. The molecule has 1 aromatic carbocycles. The number of hydrogen-bond acceptors (Lipinski definition) is 4. The van der Waals surface area contributed by atoms with E-state index < -0.39 is 29.7 Å². The summed E-state index contributed by atoms with van der Waals surface area (Å²) in [5, 5.41) is 4.92. The fourth-order valence-corrected chi connectivity index (χ4v) is 2.17. The first-order chi connectivity index (χ1) is 10.5. The van der Waals surface area contributed by atoms with Crippen LogP contribution in [0.2, 0.25) is 0 Å². The number of rotatable bonds is 4. The van der Waals surface area contributed by atoms with E-state index in [1.54, 1.807) is 0 Å². The Labute approximate surface area is 125 Å². The van der Waals surface area contributed by atoms with Gasteiger partial charge in [-0.05, 0) is 17.7 Å². The molecule has 1 atom stereocenters. The molecule has 0 saturated carbocycles. The molecule has 118 valence electrons. The van der Waals surface area contributed by atoms with Gasteiger partial charge in [0.2, 0.25) is 0 Å². The van der Waals surface area contributed by atoms with Gasteiger partial charge in [0.05, 0.1) is 31.0 Å². The summed E-state index contributed by atoms with van der Waals surface area (Å²) < 4.78 is 36.1. The highest BCUT2D eigenvalue weighted by Crippen LogP contribution is 2.28. The lowest BCUT2D eigenvalue weighted by molar-refractivity contribution is -0.136. The Bertz CT molecular complexity index is 646. The van der Waals surface area contributed by atoms with Crippen LogP contribution in [-0.2, 0) is 14.3 Å². The molecule has 1 aromatic rings. The van der Waals surface area contributed by atoms with Crippen LogP contribution in [0.3, 0.4) is 0 Å². The van der Waals surface area contributed by atoms with Crippen LogP contribution in [0.25, 0.3) is 0 Å². The highest BCUT2D eigenvalue weighted by molar-refractivity contribution is 5.95. The van der Waals surface area contributed by atoms with Gasteiger partial charge >= 0.3 is 12.0 Å². The predicted octanol–water partition coefficient (Wildman–Crippen LogP) is 1.39. The highest BCUT2D eigenvalue weighted by Gasteiger charge is 2.33. The Morgan fingerprint density at radius 3 is 2.59 bits per heavy atom. The maximum absolute atomic E-state index is 13.4. The molecular weight excluding hydrogens is 298 g/mol. The monoisotopic (exact) mass is 312 g/mol. The van der Waals surface area contributed by atoms with Crippen LogP contribution in [0.15, 0.2) is 29.5 Å². The van der Waals surface area contributed by atoms with Gasteiger partial charge in [-0.3, -0.25) is 0 Å². The van der Waals surface area contributed by atoms with Crippen LogP contribution in [0.5, 0.6) is 0 Å². The first-order valence-electron chi connectivity index (χ1n) is 6.30. The molecule has 2 amide bonds. The Morgan fingerprint density at radius 1 is 1.27 bits per heavy atom. The lowest BCUT2D eigenvalue weighted by Crippen LogP contribution is -2.46. The molecule has 1 aliphatic rings. The van der Waals surface area contributed by atoms with Crippen LogP contribution in [0, 0.1) is 11.6 Å². The molecule has 1 unspecified atom stereocenters. The summed E-state index contributed by atoms with van der Waals surface area (Å²) >= 11 is 0. The van der Waals surface area contributed by atoms with Gasteiger partial charge in [0.1, 0.15) is 0 Å². The summed E-state index contributed by atoms with van der Waals surface area (Å²) in [6.07, 6.45) is 0. The lowest BCUT2D eigenvalue weighted by atomic mass is 9.95. The first-order valence-corrected chi connectivity index (χ1v) is 6.30.